The SMILES string of the molecule is CCNC(=O)[C@H](CC)N(Cc1ccc(Cl)cc1)C(=O)CSCc1ccc(Cl)c(Cl)c1. The summed E-state index contributed by atoms with van der Waals surface area (Å²) in [6, 6.07) is 12.2. The van der Waals surface area contributed by atoms with Gasteiger partial charge in [0.2, 0.25) is 11.8 Å². The van der Waals surface area contributed by atoms with E-state index in [-0.39, 0.29) is 17.6 Å². The van der Waals surface area contributed by atoms with Gasteiger partial charge in [-0.05, 0) is 48.7 Å². The lowest BCUT2D eigenvalue weighted by atomic mass is 10.1. The van der Waals surface area contributed by atoms with Crippen molar-refractivity contribution >= 4 is 58.4 Å². The molecule has 2 amide bonds. The van der Waals surface area contributed by atoms with E-state index in [9.17, 15) is 9.59 Å². The molecule has 162 valence electrons. The van der Waals surface area contributed by atoms with Crippen LogP contribution in [0.15, 0.2) is 42.5 Å². The maximum Gasteiger partial charge on any atom is 0.242 e. The molecule has 0 aromatic heterocycles. The summed E-state index contributed by atoms with van der Waals surface area (Å²) >= 11 is 19.5. The van der Waals surface area contributed by atoms with Gasteiger partial charge < -0.3 is 10.2 Å². The first-order chi connectivity index (χ1) is 14.3. The molecule has 8 heteroatoms. The van der Waals surface area contributed by atoms with Gasteiger partial charge in [0.1, 0.15) is 6.04 Å². The first-order valence-corrected chi connectivity index (χ1v) is 12.0. The lowest BCUT2D eigenvalue weighted by molar-refractivity contribution is -0.139. The zero-order valence-electron chi connectivity index (χ0n) is 17.0. The molecule has 0 aliphatic rings. The summed E-state index contributed by atoms with van der Waals surface area (Å²) in [5, 5.41) is 4.46. The van der Waals surface area contributed by atoms with Gasteiger partial charge in [-0.15, -0.1) is 11.8 Å². The molecule has 0 saturated carbocycles. The minimum atomic E-state index is -0.529. The molecule has 30 heavy (non-hydrogen) atoms. The molecule has 0 radical (unpaired) electrons. The fraction of sp³-hybridized carbons (Fsp3) is 0.364. The molecule has 1 N–H and O–H groups in total. The highest BCUT2D eigenvalue weighted by Crippen LogP contribution is 2.25. The summed E-state index contributed by atoms with van der Waals surface area (Å²) in [5.41, 5.74) is 1.91. The van der Waals surface area contributed by atoms with E-state index in [1.54, 1.807) is 29.2 Å². The average molecular weight is 488 g/mol. The molecule has 1 atom stereocenters. The van der Waals surface area contributed by atoms with Crippen LogP contribution in [-0.4, -0.2) is 35.1 Å². The zero-order valence-corrected chi connectivity index (χ0v) is 20.0. The smallest absolute Gasteiger partial charge is 0.242 e. The van der Waals surface area contributed by atoms with Crippen LogP contribution in [0.5, 0.6) is 0 Å². The molecule has 0 heterocycles. The third-order valence-electron chi connectivity index (χ3n) is 4.48. The second kappa shape index (κ2) is 12.5. The summed E-state index contributed by atoms with van der Waals surface area (Å²) in [7, 11) is 0. The van der Waals surface area contributed by atoms with Crippen molar-refractivity contribution in [3.05, 3.63) is 68.7 Å². The summed E-state index contributed by atoms with van der Waals surface area (Å²) in [4.78, 5) is 27.3. The van der Waals surface area contributed by atoms with Crippen LogP contribution in [0, 0.1) is 0 Å². The lowest BCUT2D eigenvalue weighted by Gasteiger charge is -2.30. The van der Waals surface area contributed by atoms with Crippen LogP contribution in [0.4, 0.5) is 0 Å². The first kappa shape index (κ1) is 24.9. The number of halogens is 3. The van der Waals surface area contributed by atoms with Gasteiger partial charge in [-0.25, -0.2) is 0 Å². The third-order valence-corrected chi connectivity index (χ3v) is 6.46. The maximum atomic E-state index is 13.1. The molecular formula is C22H25Cl3N2O2S. The quantitative estimate of drug-likeness (QED) is 0.459. The van der Waals surface area contributed by atoms with Crippen LogP contribution < -0.4 is 5.32 Å². The van der Waals surface area contributed by atoms with E-state index in [0.717, 1.165) is 11.1 Å². The van der Waals surface area contributed by atoms with Gasteiger partial charge in [-0.2, -0.15) is 0 Å². The fourth-order valence-corrected chi connectivity index (χ4v) is 4.27. The number of thioether (sulfide) groups is 1. The molecule has 0 bridgehead atoms. The normalized spacial score (nSPS) is 11.8. The molecule has 0 fully saturated rings. The average Bonchev–Trinajstić information content (AvgIpc) is 2.72. The second-order valence-electron chi connectivity index (χ2n) is 6.71. The Hall–Kier alpha value is -1.40. The number of likely N-dealkylation sites (N-methyl/N-ethyl adjacent to an activating group) is 1. The van der Waals surface area contributed by atoms with Gasteiger partial charge in [0.05, 0.1) is 15.8 Å². The van der Waals surface area contributed by atoms with E-state index in [4.69, 9.17) is 34.8 Å². The minimum Gasteiger partial charge on any atom is -0.355 e. The number of rotatable bonds is 10. The Balaban J connectivity index is 2.10. The Kier molecular flexibility index (Phi) is 10.3. The standard InChI is InChI=1S/C22H25Cl3N2O2S/c1-3-20(22(29)26-4-2)27(12-15-5-8-17(23)9-6-15)21(28)14-30-13-16-7-10-18(24)19(25)11-16/h5-11,20H,3-4,12-14H2,1-2H3,(H,26,29)/t20-/m0/s1. The number of nitrogens with one attached hydrogen (secondary N) is 1. The maximum absolute atomic E-state index is 13.1. The summed E-state index contributed by atoms with van der Waals surface area (Å²) < 4.78 is 0. The third kappa shape index (κ3) is 7.38. The molecule has 0 saturated heterocycles. The predicted molar refractivity (Wildman–Crippen MR) is 127 cm³/mol. The Labute approximate surface area is 197 Å². The van der Waals surface area contributed by atoms with E-state index in [1.165, 1.54) is 11.8 Å². The van der Waals surface area contributed by atoms with Crippen molar-refractivity contribution < 1.29 is 9.59 Å². The molecule has 2 aromatic rings. The molecule has 4 nitrogen and oxygen atoms in total. The fourth-order valence-electron chi connectivity index (χ4n) is 2.97. The second-order valence-corrected chi connectivity index (χ2v) is 8.94. The van der Waals surface area contributed by atoms with Crippen molar-refractivity contribution in [2.75, 3.05) is 12.3 Å². The molecule has 0 spiro atoms. The number of hydrogen-bond donors (Lipinski definition) is 1. The predicted octanol–water partition coefficient (Wildman–Crippen LogP) is 5.82. The highest BCUT2D eigenvalue weighted by molar-refractivity contribution is 7.99. The monoisotopic (exact) mass is 486 g/mol. The van der Waals surface area contributed by atoms with E-state index in [0.29, 0.717) is 40.3 Å². The topological polar surface area (TPSA) is 49.4 Å². The largest absolute Gasteiger partial charge is 0.355 e. The number of nitrogens with zero attached hydrogens (tertiary/aromatic N) is 1. The molecule has 0 aliphatic carbocycles. The van der Waals surface area contributed by atoms with Gasteiger partial charge in [-0.1, -0.05) is 59.9 Å². The van der Waals surface area contributed by atoms with Crippen molar-refractivity contribution in [3.63, 3.8) is 0 Å². The number of benzene rings is 2. The van der Waals surface area contributed by atoms with E-state index < -0.39 is 6.04 Å². The van der Waals surface area contributed by atoms with Crippen molar-refractivity contribution in [2.45, 2.75) is 38.6 Å². The van der Waals surface area contributed by atoms with E-state index in [2.05, 4.69) is 5.32 Å². The number of carbonyl (C=O) groups excluding carboxylic acids is 2. The highest BCUT2D eigenvalue weighted by atomic mass is 35.5. The Morgan fingerprint density at radius 1 is 1.00 bits per heavy atom. The van der Waals surface area contributed by atoms with Crippen LogP contribution in [-0.2, 0) is 21.9 Å². The van der Waals surface area contributed by atoms with Crippen LogP contribution >= 0.6 is 46.6 Å². The Morgan fingerprint density at radius 2 is 1.67 bits per heavy atom. The zero-order chi connectivity index (χ0) is 22.1. The van der Waals surface area contributed by atoms with Crippen LogP contribution in [0.3, 0.4) is 0 Å². The highest BCUT2D eigenvalue weighted by Gasteiger charge is 2.28. The summed E-state index contributed by atoms with van der Waals surface area (Å²) in [5.74, 6) is 0.643. The Morgan fingerprint density at radius 3 is 2.27 bits per heavy atom. The molecule has 2 aromatic carbocycles. The van der Waals surface area contributed by atoms with Gasteiger partial charge in [0.25, 0.3) is 0 Å². The number of amides is 2. The van der Waals surface area contributed by atoms with E-state index >= 15 is 0 Å². The van der Waals surface area contributed by atoms with Crippen LogP contribution in [0.1, 0.15) is 31.4 Å². The van der Waals surface area contributed by atoms with Gasteiger partial charge in [-0.3, -0.25) is 9.59 Å². The lowest BCUT2D eigenvalue weighted by Crippen LogP contribution is -2.49. The van der Waals surface area contributed by atoms with Gasteiger partial charge >= 0.3 is 0 Å². The molecular weight excluding hydrogens is 463 g/mol. The minimum absolute atomic E-state index is 0.0897. The number of hydrogen-bond acceptors (Lipinski definition) is 3. The molecule has 2 rings (SSSR count). The summed E-state index contributed by atoms with van der Waals surface area (Å²) in [6.07, 6.45) is 0.530. The van der Waals surface area contributed by atoms with Crippen LogP contribution in [0.25, 0.3) is 0 Å². The number of carbonyl (C=O) groups is 2. The van der Waals surface area contributed by atoms with E-state index in [1.807, 2.05) is 32.0 Å². The van der Waals surface area contributed by atoms with Gasteiger partial charge in [0.15, 0.2) is 0 Å². The Bertz CT molecular complexity index is 862. The van der Waals surface area contributed by atoms with Crippen molar-refractivity contribution in [2.24, 2.45) is 0 Å². The molecule has 0 unspecified atom stereocenters. The first-order valence-electron chi connectivity index (χ1n) is 9.69. The van der Waals surface area contributed by atoms with Gasteiger partial charge in [0, 0.05) is 23.9 Å². The summed E-state index contributed by atoms with van der Waals surface area (Å²) in [6.45, 7) is 4.64. The van der Waals surface area contributed by atoms with Crippen molar-refractivity contribution in [1.29, 1.82) is 0 Å². The van der Waals surface area contributed by atoms with Crippen molar-refractivity contribution in [3.8, 4) is 0 Å². The van der Waals surface area contributed by atoms with Crippen molar-refractivity contribution in [1.82, 2.24) is 10.2 Å². The molecule has 0 aliphatic heterocycles. The van der Waals surface area contributed by atoms with Crippen LogP contribution in [0.2, 0.25) is 15.1 Å².